The van der Waals surface area contributed by atoms with Crippen LogP contribution >= 0.6 is 0 Å². The van der Waals surface area contributed by atoms with E-state index in [1.54, 1.807) is 6.92 Å². The van der Waals surface area contributed by atoms with Crippen molar-refractivity contribution in [1.82, 2.24) is 5.32 Å². The molecule has 3 N–H and O–H groups in total. The predicted octanol–water partition coefficient (Wildman–Crippen LogP) is 1.46. The fourth-order valence-electron chi connectivity index (χ4n) is 1.99. The van der Waals surface area contributed by atoms with E-state index >= 15 is 0 Å². The fraction of sp³-hybridized carbons (Fsp3) is 0.857. The molecule has 0 rings (SSSR count). The van der Waals surface area contributed by atoms with Gasteiger partial charge in [-0.25, -0.2) is 0 Å². The Labute approximate surface area is 116 Å². The lowest BCUT2D eigenvalue weighted by Crippen LogP contribution is -2.32. The van der Waals surface area contributed by atoms with Gasteiger partial charge in [0.2, 0.25) is 5.91 Å². The minimum absolute atomic E-state index is 0.0518. The monoisotopic (exact) mass is 272 g/mol. The third kappa shape index (κ3) is 8.59. The smallest absolute Gasteiger partial charge is 0.325 e. The molecule has 0 spiro atoms. The highest BCUT2D eigenvalue weighted by atomic mass is 16.5. The molecule has 0 heterocycles. The number of ether oxygens (including phenoxy) is 1. The molecule has 0 saturated carbocycles. The quantitative estimate of drug-likeness (QED) is 0.655. The van der Waals surface area contributed by atoms with Crippen LogP contribution in [0, 0.1) is 11.3 Å². The highest BCUT2D eigenvalue weighted by Gasteiger charge is 2.24. The molecule has 0 aromatic heterocycles. The second-order valence-corrected chi connectivity index (χ2v) is 5.76. The normalized spacial score (nSPS) is 12.9. The summed E-state index contributed by atoms with van der Waals surface area (Å²) in [6, 6.07) is 0. The van der Waals surface area contributed by atoms with Crippen molar-refractivity contribution in [1.29, 1.82) is 0 Å². The Kier molecular flexibility index (Phi) is 8.39. The van der Waals surface area contributed by atoms with Gasteiger partial charge in [-0.1, -0.05) is 20.8 Å². The van der Waals surface area contributed by atoms with Crippen LogP contribution in [-0.4, -0.2) is 31.6 Å². The van der Waals surface area contributed by atoms with Crippen LogP contribution in [0.15, 0.2) is 0 Å². The van der Waals surface area contributed by atoms with Gasteiger partial charge in [-0.15, -0.1) is 0 Å². The van der Waals surface area contributed by atoms with Gasteiger partial charge < -0.3 is 15.8 Å². The zero-order valence-electron chi connectivity index (χ0n) is 12.6. The second-order valence-electron chi connectivity index (χ2n) is 5.76. The third-order valence-corrected chi connectivity index (χ3v) is 3.19. The number of hydrogen-bond acceptors (Lipinski definition) is 4. The SMILES string of the molecule is CCOC(=O)CNC(=O)CCC(CCN)C(C)(C)C. The minimum atomic E-state index is -0.398. The highest BCUT2D eigenvalue weighted by Crippen LogP contribution is 2.31. The molecule has 5 heteroatoms. The van der Waals surface area contributed by atoms with Crippen LogP contribution < -0.4 is 11.1 Å². The Hall–Kier alpha value is -1.10. The summed E-state index contributed by atoms with van der Waals surface area (Å²) in [6.45, 7) is 9.12. The Morgan fingerprint density at radius 1 is 1.26 bits per heavy atom. The summed E-state index contributed by atoms with van der Waals surface area (Å²) in [4.78, 5) is 22.7. The van der Waals surface area contributed by atoms with Crippen molar-refractivity contribution < 1.29 is 14.3 Å². The van der Waals surface area contributed by atoms with Crippen molar-refractivity contribution in [2.24, 2.45) is 17.1 Å². The summed E-state index contributed by atoms with van der Waals surface area (Å²) in [5.74, 6) is -0.102. The summed E-state index contributed by atoms with van der Waals surface area (Å²) < 4.78 is 4.74. The van der Waals surface area contributed by atoms with Crippen LogP contribution in [0.25, 0.3) is 0 Å². The molecule has 0 radical (unpaired) electrons. The van der Waals surface area contributed by atoms with Crippen molar-refractivity contribution in [3.63, 3.8) is 0 Å². The Bertz CT molecular complexity index is 285. The number of hydrogen-bond donors (Lipinski definition) is 2. The summed E-state index contributed by atoms with van der Waals surface area (Å²) >= 11 is 0. The van der Waals surface area contributed by atoms with E-state index in [-0.39, 0.29) is 17.9 Å². The lowest BCUT2D eigenvalue weighted by molar-refractivity contribution is -0.143. The Morgan fingerprint density at radius 3 is 2.37 bits per heavy atom. The molecule has 19 heavy (non-hydrogen) atoms. The number of carbonyl (C=O) groups is 2. The van der Waals surface area contributed by atoms with Crippen LogP contribution in [0.4, 0.5) is 0 Å². The number of nitrogens with two attached hydrogens (primary N) is 1. The Morgan fingerprint density at radius 2 is 1.89 bits per heavy atom. The fourth-order valence-corrected chi connectivity index (χ4v) is 1.99. The maximum atomic E-state index is 11.6. The number of amides is 1. The second kappa shape index (κ2) is 8.91. The molecule has 0 aromatic carbocycles. The van der Waals surface area contributed by atoms with Gasteiger partial charge in [0.05, 0.1) is 6.61 Å². The minimum Gasteiger partial charge on any atom is -0.465 e. The molecule has 0 aliphatic rings. The average molecular weight is 272 g/mol. The third-order valence-electron chi connectivity index (χ3n) is 3.19. The lowest BCUT2D eigenvalue weighted by atomic mass is 9.76. The van der Waals surface area contributed by atoms with Crippen LogP contribution in [0.2, 0.25) is 0 Å². The first-order valence-corrected chi connectivity index (χ1v) is 6.93. The van der Waals surface area contributed by atoms with Gasteiger partial charge in [-0.3, -0.25) is 9.59 Å². The molecule has 1 atom stereocenters. The maximum absolute atomic E-state index is 11.6. The van der Waals surface area contributed by atoms with Gasteiger partial charge in [0, 0.05) is 6.42 Å². The molecule has 0 fully saturated rings. The number of esters is 1. The number of rotatable bonds is 8. The van der Waals surface area contributed by atoms with Crippen molar-refractivity contribution in [2.75, 3.05) is 19.7 Å². The van der Waals surface area contributed by atoms with Crippen LogP contribution in [0.1, 0.15) is 47.0 Å². The largest absolute Gasteiger partial charge is 0.465 e. The molecule has 1 unspecified atom stereocenters. The van der Waals surface area contributed by atoms with Gasteiger partial charge in [0.15, 0.2) is 0 Å². The molecule has 5 nitrogen and oxygen atoms in total. The van der Waals surface area contributed by atoms with Crippen molar-refractivity contribution in [2.45, 2.75) is 47.0 Å². The molecule has 0 aliphatic heterocycles. The summed E-state index contributed by atoms with van der Waals surface area (Å²) in [6.07, 6.45) is 2.12. The molecule has 0 saturated heterocycles. The molecule has 0 aromatic rings. The van der Waals surface area contributed by atoms with E-state index in [4.69, 9.17) is 10.5 Å². The van der Waals surface area contributed by atoms with E-state index in [9.17, 15) is 9.59 Å². The van der Waals surface area contributed by atoms with E-state index < -0.39 is 5.97 Å². The van der Waals surface area contributed by atoms with Crippen molar-refractivity contribution in [3.05, 3.63) is 0 Å². The summed E-state index contributed by atoms with van der Waals surface area (Å²) in [5.41, 5.74) is 5.74. The van der Waals surface area contributed by atoms with Crippen LogP contribution in [0.3, 0.4) is 0 Å². The van der Waals surface area contributed by atoms with E-state index in [0.29, 0.717) is 25.5 Å². The van der Waals surface area contributed by atoms with Crippen molar-refractivity contribution in [3.8, 4) is 0 Å². The first kappa shape index (κ1) is 17.9. The maximum Gasteiger partial charge on any atom is 0.325 e. The van der Waals surface area contributed by atoms with E-state index in [2.05, 4.69) is 26.1 Å². The van der Waals surface area contributed by atoms with Gasteiger partial charge in [0.1, 0.15) is 6.54 Å². The zero-order chi connectivity index (χ0) is 14.9. The molecular formula is C14H28N2O3. The first-order valence-electron chi connectivity index (χ1n) is 6.93. The van der Waals surface area contributed by atoms with Gasteiger partial charge >= 0.3 is 5.97 Å². The molecule has 0 bridgehead atoms. The van der Waals surface area contributed by atoms with E-state index in [1.165, 1.54) is 0 Å². The summed E-state index contributed by atoms with van der Waals surface area (Å²) in [5, 5.41) is 2.57. The molecule has 1 amide bonds. The zero-order valence-corrected chi connectivity index (χ0v) is 12.6. The van der Waals surface area contributed by atoms with Crippen LogP contribution in [-0.2, 0) is 14.3 Å². The van der Waals surface area contributed by atoms with Gasteiger partial charge in [-0.05, 0) is 37.6 Å². The van der Waals surface area contributed by atoms with Crippen molar-refractivity contribution >= 4 is 11.9 Å². The van der Waals surface area contributed by atoms with Crippen LogP contribution in [0.5, 0.6) is 0 Å². The lowest BCUT2D eigenvalue weighted by Gasteiger charge is -2.30. The van der Waals surface area contributed by atoms with Gasteiger partial charge in [-0.2, -0.15) is 0 Å². The van der Waals surface area contributed by atoms with E-state index in [1.807, 2.05) is 0 Å². The Balaban J connectivity index is 4.02. The predicted molar refractivity (Wildman–Crippen MR) is 75.5 cm³/mol. The summed E-state index contributed by atoms with van der Waals surface area (Å²) in [7, 11) is 0. The highest BCUT2D eigenvalue weighted by molar-refractivity contribution is 5.81. The van der Waals surface area contributed by atoms with E-state index in [0.717, 1.165) is 12.8 Å². The number of nitrogens with one attached hydrogen (secondary N) is 1. The number of carbonyl (C=O) groups excluding carboxylic acids is 2. The van der Waals surface area contributed by atoms with Gasteiger partial charge in [0.25, 0.3) is 0 Å². The standard InChI is InChI=1S/C14H28N2O3/c1-5-19-13(18)10-16-12(17)7-6-11(8-9-15)14(2,3)4/h11H,5-10,15H2,1-4H3,(H,16,17). The molecular weight excluding hydrogens is 244 g/mol. The first-order chi connectivity index (χ1) is 8.81. The molecule has 112 valence electrons. The topological polar surface area (TPSA) is 81.4 Å². The molecule has 0 aliphatic carbocycles. The average Bonchev–Trinajstić information content (AvgIpc) is 2.30.